The number of para-hydroxylation sites is 1. The number of benzene rings is 1. The van der Waals surface area contributed by atoms with Crippen molar-refractivity contribution in [3.63, 3.8) is 0 Å². The number of Topliss-reactive ketones (excluding diaryl/α,β-unsaturated/α-hetero) is 1. The number of allylic oxidation sites excluding steroid dienone is 1. The van der Waals surface area contributed by atoms with Crippen LogP contribution in [-0.2, 0) is 14.3 Å². The van der Waals surface area contributed by atoms with Crippen LogP contribution in [0.5, 0.6) is 0 Å². The van der Waals surface area contributed by atoms with Crippen molar-refractivity contribution in [3.05, 3.63) is 41.5 Å². The third kappa shape index (κ3) is 1.47. The lowest BCUT2D eigenvalue weighted by molar-refractivity contribution is -0.167. The number of ether oxygens (including phenoxy) is 2. The molecule has 7 unspecified atom stereocenters. The molecule has 0 amide bonds. The highest BCUT2D eigenvalue weighted by atomic mass is 16.5. The second kappa shape index (κ2) is 4.80. The number of piperidine rings is 3. The van der Waals surface area contributed by atoms with Crippen LogP contribution in [0.1, 0.15) is 23.7 Å². The molecule has 7 atom stereocenters. The number of nitrogens with zero attached hydrogens (tertiary/aromatic N) is 1. The van der Waals surface area contributed by atoms with E-state index < -0.39 is 11.0 Å². The summed E-state index contributed by atoms with van der Waals surface area (Å²) in [5.74, 6) is -0.0361. The minimum absolute atomic E-state index is 0.0270. The molecule has 0 aromatic heterocycles. The Bertz CT molecular complexity index is 927. The second-order valence-electron chi connectivity index (χ2n) is 8.42. The predicted octanol–water partition coefficient (Wildman–Crippen LogP) is 1.62. The minimum atomic E-state index is -0.807. The molecule has 1 aromatic carbocycles. The Balaban J connectivity index is 1.56. The van der Waals surface area contributed by atoms with Gasteiger partial charge in [-0.25, -0.2) is 0 Å². The summed E-state index contributed by atoms with van der Waals surface area (Å²) in [6, 6.07) is 7.59. The molecule has 1 aromatic rings. The van der Waals surface area contributed by atoms with E-state index in [1.165, 1.54) is 12.7 Å². The molecule has 5 saturated heterocycles. The van der Waals surface area contributed by atoms with Crippen LogP contribution in [0, 0.1) is 11.3 Å². The van der Waals surface area contributed by atoms with Gasteiger partial charge in [-0.2, -0.15) is 0 Å². The zero-order valence-corrected chi connectivity index (χ0v) is 15.4. The number of methoxy groups -OCH3 is 1. The lowest BCUT2D eigenvalue weighted by Gasteiger charge is -2.55. The second-order valence-corrected chi connectivity index (χ2v) is 8.42. The zero-order chi connectivity index (χ0) is 18.6. The Kier molecular flexibility index (Phi) is 2.82. The van der Waals surface area contributed by atoms with Crippen molar-refractivity contribution in [1.82, 2.24) is 4.90 Å². The molecule has 1 spiro atoms. The highest BCUT2D eigenvalue weighted by Crippen LogP contribution is 2.65. The fraction of sp³-hybridized carbons (Fsp3) is 0.524. The molecule has 5 fully saturated rings. The van der Waals surface area contributed by atoms with Gasteiger partial charge >= 0.3 is 5.97 Å². The summed E-state index contributed by atoms with van der Waals surface area (Å²) in [6.45, 7) is 3.14. The number of hydrogen-bond acceptors (Lipinski definition) is 6. The van der Waals surface area contributed by atoms with Gasteiger partial charge in [0, 0.05) is 29.8 Å². The average molecular weight is 366 g/mol. The van der Waals surface area contributed by atoms with E-state index in [0.717, 1.165) is 24.2 Å². The van der Waals surface area contributed by atoms with Crippen molar-refractivity contribution in [3.8, 4) is 0 Å². The third-order valence-electron chi connectivity index (χ3n) is 7.77. The first-order chi connectivity index (χ1) is 13.1. The van der Waals surface area contributed by atoms with E-state index in [2.05, 4.69) is 16.3 Å². The number of anilines is 1. The van der Waals surface area contributed by atoms with Crippen LogP contribution in [0.3, 0.4) is 0 Å². The summed E-state index contributed by atoms with van der Waals surface area (Å²) in [5.41, 5.74) is 1.34. The van der Waals surface area contributed by atoms with Crippen molar-refractivity contribution in [2.24, 2.45) is 11.3 Å². The van der Waals surface area contributed by atoms with Gasteiger partial charge in [-0.3, -0.25) is 14.5 Å². The topological polar surface area (TPSA) is 67.9 Å². The van der Waals surface area contributed by atoms with E-state index in [9.17, 15) is 9.59 Å². The van der Waals surface area contributed by atoms with Gasteiger partial charge in [-0.15, -0.1) is 0 Å². The molecule has 0 saturated carbocycles. The highest BCUT2D eigenvalue weighted by molar-refractivity contribution is 6.15. The van der Waals surface area contributed by atoms with E-state index in [1.807, 2.05) is 31.2 Å². The molecule has 0 aliphatic carbocycles. The van der Waals surface area contributed by atoms with Gasteiger partial charge in [-0.05, 0) is 25.5 Å². The average Bonchev–Trinajstić information content (AvgIpc) is 3.32. The first-order valence-corrected chi connectivity index (χ1v) is 9.62. The molecule has 27 heavy (non-hydrogen) atoms. The number of rotatable bonds is 1. The van der Waals surface area contributed by atoms with Crippen LogP contribution in [0.4, 0.5) is 5.69 Å². The van der Waals surface area contributed by atoms with Gasteiger partial charge < -0.3 is 14.8 Å². The Morgan fingerprint density at radius 1 is 1.41 bits per heavy atom. The molecule has 6 heterocycles. The van der Waals surface area contributed by atoms with Gasteiger partial charge in [0.1, 0.15) is 17.1 Å². The van der Waals surface area contributed by atoms with E-state index >= 15 is 0 Å². The van der Waals surface area contributed by atoms with Crippen molar-refractivity contribution < 1.29 is 19.1 Å². The molecule has 6 nitrogen and oxygen atoms in total. The van der Waals surface area contributed by atoms with Crippen LogP contribution >= 0.6 is 0 Å². The van der Waals surface area contributed by atoms with E-state index in [4.69, 9.17) is 9.47 Å². The SMILES string of the molecule is CC=C1CN2C3C4OCC3(C(=O)OC)C1CC2C41Nc2ccccc2C1=O. The Morgan fingerprint density at radius 3 is 2.96 bits per heavy atom. The quantitative estimate of drug-likeness (QED) is 0.602. The lowest BCUT2D eigenvalue weighted by Crippen LogP contribution is -2.67. The Morgan fingerprint density at radius 2 is 2.22 bits per heavy atom. The van der Waals surface area contributed by atoms with Crippen LogP contribution in [-0.4, -0.2) is 60.6 Å². The monoisotopic (exact) mass is 366 g/mol. The first-order valence-electron chi connectivity index (χ1n) is 9.62. The van der Waals surface area contributed by atoms with Gasteiger partial charge in [0.05, 0.1) is 19.8 Å². The lowest BCUT2D eigenvalue weighted by atomic mass is 9.61. The van der Waals surface area contributed by atoms with Crippen molar-refractivity contribution >= 4 is 17.4 Å². The third-order valence-corrected chi connectivity index (χ3v) is 7.77. The summed E-state index contributed by atoms with van der Waals surface area (Å²) < 4.78 is 11.6. The fourth-order valence-electron chi connectivity index (χ4n) is 6.77. The van der Waals surface area contributed by atoms with E-state index in [0.29, 0.717) is 6.61 Å². The number of hydrogen-bond donors (Lipinski definition) is 1. The smallest absolute Gasteiger partial charge is 0.316 e. The standard InChI is InChI=1S/C21H22N2O4/c1-3-11-9-23-15-8-13(11)20(19(25)26-2)10-27-18(16(20)23)21(15)17(24)12-6-4-5-7-14(12)22-21/h3-7,13,15-16,18,22H,8-10H2,1-2H3. The summed E-state index contributed by atoms with van der Waals surface area (Å²) in [5, 5.41) is 3.56. The number of nitrogens with one attached hydrogen (secondary N) is 1. The molecule has 6 aliphatic heterocycles. The molecule has 140 valence electrons. The molecule has 1 N–H and O–H groups in total. The van der Waals surface area contributed by atoms with Crippen molar-refractivity contribution in [2.45, 2.75) is 37.1 Å². The predicted molar refractivity (Wildman–Crippen MR) is 97.5 cm³/mol. The van der Waals surface area contributed by atoms with Gasteiger partial charge in [-0.1, -0.05) is 23.8 Å². The maximum Gasteiger partial charge on any atom is 0.316 e. The molecule has 0 radical (unpaired) electrons. The van der Waals surface area contributed by atoms with E-state index in [1.54, 1.807) is 0 Å². The zero-order valence-electron chi connectivity index (χ0n) is 15.4. The van der Waals surface area contributed by atoms with Gasteiger partial charge in [0.2, 0.25) is 0 Å². The maximum absolute atomic E-state index is 13.6. The highest BCUT2D eigenvalue weighted by Gasteiger charge is 2.81. The maximum atomic E-state index is 13.6. The number of fused-ring (bicyclic) bond motifs is 3. The summed E-state index contributed by atoms with van der Waals surface area (Å²) >= 11 is 0. The summed E-state index contributed by atoms with van der Waals surface area (Å²) in [6.07, 6.45) is 2.56. The van der Waals surface area contributed by atoms with Crippen LogP contribution in [0.2, 0.25) is 0 Å². The van der Waals surface area contributed by atoms with Crippen molar-refractivity contribution in [2.75, 3.05) is 25.6 Å². The summed E-state index contributed by atoms with van der Waals surface area (Å²) in [4.78, 5) is 29.0. The normalized spacial score (nSPS) is 46.8. The van der Waals surface area contributed by atoms with Crippen LogP contribution < -0.4 is 5.32 Å². The van der Waals surface area contributed by atoms with E-state index in [-0.39, 0.29) is 35.9 Å². The summed E-state index contributed by atoms with van der Waals surface area (Å²) in [7, 11) is 1.45. The fourth-order valence-corrected chi connectivity index (χ4v) is 6.77. The molecular formula is C21H22N2O4. The van der Waals surface area contributed by atoms with Gasteiger partial charge in [0.15, 0.2) is 5.78 Å². The number of carbonyl (C=O) groups is 2. The number of esters is 1. The van der Waals surface area contributed by atoms with Gasteiger partial charge in [0.25, 0.3) is 0 Å². The largest absolute Gasteiger partial charge is 0.468 e. The molecule has 6 heteroatoms. The van der Waals surface area contributed by atoms with Crippen molar-refractivity contribution in [1.29, 1.82) is 0 Å². The number of carbonyl (C=O) groups excluding carboxylic acids is 2. The Hall–Kier alpha value is -2.18. The first kappa shape index (κ1) is 15.8. The molecule has 4 bridgehead atoms. The van der Waals surface area contributed by atoms with Crippen LogP contribution in [0.15, 0.2) is 35.9 Å². The molecular weight excluding hydrogens is 344 g/mol. The Labute approximate surface area is 157 Å². The minimum Gasteiger partial charge on any atom is -0.468 e. The molecule has 7 rings (SSSR count). The molecule has 6 aliphatic rings. The number of ketones is 1. The van der Waals surface area contributed by atoms with Crippen LogP contribution in [0.25, 0.3) is 0 Å².